The van der Waals surface area contributed by atoms with Gasteiger partial charge in [-0.3, -0.25) is 4.79 Å². The Labute approximate surface area is 105 Å². The zero-order chi connectivity index (χ0) is 11.1. The average Bonchev–Trinajstić information content (AvgIpc) is 2.76. The normalized spacial score (nSPS) is 11.3. The number of carbonyl (C=O) groups excluding carboxylic acids is 1. The first-order chi connectivity index (χ1) is 7.72. The van der Waals surface area contributed by atoms with E-state index in [0.29, 0.717) is 6.42 Å². The van der Waals surface area contributed by atoms with Crippen molar-refractivity contribution in [2.24, 2.45) is 0 Å². The van der Waals surface area contributed by atoms with E-state index in [9.17, 15) is 4.79 Å². The van der Waals surface area contributed by atoms with E-state index in [1.165, 1.54) is 20.2 Å². The molecule has 0 aliphatic carbocycles. The van der Waals surface area contributed by atoms with E-state index in [2.05, 4.69) is 29.6 Å². The third kappa shape index (κ3) is 1.75. The van der Waals surface area contributed by atoms with Crippen molar-refractivity contribution >= 4 is 59.7 Å². The lowest BCUT2D eigenvalue weighted by Crippen LogP contribution is -1.88. The van der Waals surface area contributed by atoms with Gasteiger partial charge in [0.15, 0.2) is 0 Å². The maximum absolute atomic E-state index is 10.8. The van der Waals surface area contributed by atoms with E-state index in [0.717, 1.165) is 4.88 Å². The number of carbonyl (C=O) groups is 1. The largest absolute Gasteiger partial charge is 0.281 e. The zero-order valence-corrected chi connectivity index (χ0v) is 10.6. The van der Waals surface area contributed by atoms with Gasteiger partial charge in [-0.2, -0.15) is 0 Å². The molecule has 3 rings (SSSR count). The molecular weight excluding hydrogens is 260 g/mol. The third-order valence-corrected chi connectivity index (χ3v) is 4.57. The number of benzene rings is 1. The van der Waals surface area contributed by atoms with Crippen molar-refractivity contribution in [1.29, 1.82) is 0 Å². The molecule has 0 saturated heterocycles. The maximum atomic E-state index is 10.8. The molecule has 0 fully saturated rings. The monoisotopic (exact) mass is 266 g/mol. The van der Waals surface area contributed by atoms with Crippen LogP contribution in [0.4, 0.5) is 0 Å². The molecule has 0 saturated carbocycles. The smallest absolute Gasteiger partial charge is 0.226 e. The predicted molar refractivity (Wildman–Crippen MR) is 71.8 cm³/mol. The Kier molecular flexibility index (Phi) is 2.46. The highest BCUT2D eigenvalue weighted by atomic mass is 35.5. The SMILES string of the molecule is O=C(Cl)Cc1cc2cc3sccc3cc2s1. The lowest BCUT2D eigenvalue weighted by molar-refractivity contribution is -0.111. The molecule has 1 nitrogen and oxygen atoms in total. The van der Waals surface area contributed by atoms with Crippen LogP contribution in [-0.4, -0.2) is 5.24 Å². The number of hydrogen-bond donors (Lipinski definition) is 0. The van der Waals surface area contributed by atoms with E-state index in [1.807, 2.05) is 0 Å². The van der Waals surface area contributed by atoms with E-state index in [-0.39, 0.29) is 5.24 Å². The molecule has 4 heteroatoms. The molecular formula is C12H7ClOS2. The molecule has 1 aromatic carbocycles. The topological polar surface area (TPSA) is 17.1 Å². The highest BCUT2D eigenvalue weighted by Crippen LogP contribution is 2.32. The quantitative estimate of drug-likeness (QED) is 0.628. The van der Waals surface area contributed by atoms with Gasteiger partial charge in [-0.25, -0.2) is 0 Å². The van der Waals surface area contributed by atoms with Crippen LogP contribution in [0.25, 0.3) is 20.2 Å². The second-order valence-corrected chi connectivity index (χ2v) is 6.13. The summed E-state index contributed by atoms with van der Waals surface area (Å²) in [7, 11) is 0. The Morgan fingerprint density at radius 3 is 2.81 bits per heavy atom. The van der Waals surface area contributed by atoms with Gasteiger partial charge in [0, 0.05) is 14.3 Å². The molecule has 2 aromatic heterocycles. The lowest BCUT2D eigenvalue weighted by atomic mass is 10.2. The van der Waals surface area contributed by atoms with Gasteiger partial charge >= 0.3 is 0 Å². The van der Waals surface area contributed by atoms with Crippen LogP contribution in [0, 0.1) is 0 Å². The molecule has 0 amide bonds. The van der Waals surface area contributed by atoms with Crippen LogP contribution >= 0.6 is 34.3 Å². The van der Waals surface area contributed by atoms with Crippen molar-refractivity contribution in [2.75, 3.05) is 0 Å². The first-order valence-corrected chi connectivity index (χ1v) is 6.88. The highest BCUT2D eigenvalue weighted by Gasteiger charge is 2.06. The van der Waals surface area contributed by atoms with Crippen molar-refractivity contribution in [1.82, 2.24) is 0 Å². The Morgan fingerprint density at radius 2 is 2.00 bits per heavy atom. The summed E-state index contributed by atoms with van der Waals surface area (Å²) >= 11 is 8.77. The van der Waals surface area contributed by atoms with Crippen LogP contribution in [0.3, 0.4) is 0 Å². The molecule has 0 aliphatic rings. The van der Waals surface area contributed by atoms with Gasteiger partial charge in [0.1, 0.15) is 0 Å². The number of halogens is 1. The Balaban J connectivity index is 2.19. The van der Waals surface area contributed by atoms with E-state index >= 15 is 0 Å². The summed E-state index contributed by atoms with van der Waals surface area (Å²) in [5.41, 5.74) is 0. The average molecular weight is 267 g/mol. The van der Waals surface area contributed by atoms with Crippen LogP contribution in [-0.2, 0) is 11.2 Å². The number of rotatable bonds is 2. The minimum absolute atomic E-state index is 0.298. The first-order valence-electron chi connectivity index (χ1n) is 4.80. The fourth-order valence-corrected chi connectivity index (χ4v) is 3.91. The molecule has 80 valence electrons. The molecule has 0 radical (unpaired) electrons. The molecule has 0 bridgehead atoms. The Bertz CT molecular complexity index is 633. The zero-order valence-electron chi connectivity index (χ0n) is 8.20. The van der Waals surface area contributed by atoms with Gasteiger partial charge in [0.2, 0.25) is 5.24 Å². The van der Waals surface area contributed by atoms with E-state index < -0.39 is 0 Å². The van der Waals surface area contributed by atoms with Crippen molar-refractivity contribution < 1.29 is 4.79 Å². The van der Waals surface area contributed by atoms with Crippen molar-refractivity contribution in [3.05, 3.63) is 34.5 Å². The highest BCUT2D eigenvalue weighted by molar-refractivity contribution is 7.20. The van der Waals surface area contributed by atoms with Crippen LogP contribution in [0.5, 0.6) is 0 Å². The van der Waals surface area contributed by atoms with Gasteiger partial charge in [0.25, 0.3) is 0 Å². The second kappa shape index (κ2) is 3.84. The van der Waals surface area contributed by atoms with Crippen LogP contribution in [0.15, 0.2) is 29.6 Å². The van der Waals surface area contributed by atoms with Gasteiger partial charge < -0.3 is 0 Å². The Hall–Kier alpha value is -0.900. The summed E-state index contributed by atoms with van der Waals surface area (Å²) in [6, 6.07) is 8.52. The molecule has 0 N–H and O–H groups in total. The number of thiophene rings is 2. The molecule has 0 unspecified atom stereocenters. The number of hydrogen-bond acceptors (Lipinski definition) is 3. The lowest BCUT2D eigenvalue weighted by Gasteiger charge is -1.89. The fourth-order valence-electron chi connectivity index (χ4n) is 1.77. The minimum atomic E-state index is -0.298. The van der Waals surface area contributed by atoms with Crippen molar-refractivity contribution in [3.63, 3.8) is 0 Å². The second-order valence-electron chi connectivity index (χ2n) is 3.59. The number of fused-ring (bicyclic) bond motifs is 2. The van der Waals surface area contributed by atoms with Crippen LogP contribution in [0.2, 0.25) is 0 Å². The summed E-state index contributed by atoms with van der Waals surface area (Å²) < 4.78 is 2.51. The van der Waals surface area contributed by atoms with Crippen molar-refractivity contribution in [2.45, 2.75) is 6.42 Å². The molecule has 2 heterocycles. The van der Waals surface area contributed by atoms with Crippen LogP contribution < -0.4 is 0 Å². The van der Waals surface area contributed by atoms with Crippen LogP contribution in [0.1, 0.15) is 4.88 Å². The van der Waals surface area contributed by atoms with Gasteiger partial charge in [-0.1, -0.05) is 0 Å². The molecule has 0 aliphatic heterocycles. The molecule has 16 heavy (non-hydrogen) atoms. The van der Waals surface area contributed by atoms with E-state index in [1.54, 1.807) is 22.7 Å². The van der Waals surface area contributed by atoms with E-state index in [4.69, 9.17) is 11.6 Å². The summed E-state index contributed by atoms with van der Waals surface area (Å²) in [6.07, 6.45) is 0.328. The molecule has 0 spiro atoms. The fraction of sp³-hybridized carbons (Fsp3) is 0.0833. The molecule has 3 aromatic rings. The molecule has 0 atom stereocenters. The predicted octanol–water partition coefficient (Wildman–Crippen LogP) is 4.42. The van der Waals surface area contributed by atoms with Gasteiger partial charge in [-0.05, 0) is 52.0 Å². The van der Waals surface area contributed by atoms with Gasteiger partial charge in [0.05, 0.1) is 6.42 Å². The Morgan fingerprint density at radius 1 is 1.19 bits per heavy atom. The van der Waals surface area contributed by atoms with Gasteiger partial charge in [-0.15, -0.1) is 22.7 Å². The summed E-state index contributed by atoms with van der Waals surface area (Å²) in [5.74, 6) is 0. The maximum Gasteiger partial charge on any atom is 0.226 e. The summed E-state index contributed by atoms with van der Waals surface area (Å²) in [5, 5.41) is 4.27. The first kappa shape index (κ1) is 10.3. The standard InChI is InChI=1S/C12H7ClOS2/c13-12(14)6-9-3-8-5-10-7(1-2-15-10)4-11(8)16-9/h1-5H,6H2. The van der Waals surface area contributed by atoms with Crippen molar-refractivity contribution in [3.8, 4) is 0 Å². The third-order valence-electron chi connectivity index (χ3n) is 2.46. The summed E-state index contributed by atoms with van der Waals surface area (Å²) in [6.45, 7) is 0. The summed E-state index contributed by atoms with van der Waals surface area (Å²) in [4.78, 5) is 11.9. The minimum Gasteiger partial charge on any atom is -0.281 e.